The standard InChI is InChI=1S/C17H26N2O2/c1-13-7-4-5-8-16(13)21-10-6-9-17(20)19-11-14(2)18-15(3)12-19/h4-5,7-8,14-15,18H,6,9-12H2,1-3H3/t14-,15-/m0/s1. The van der Waals surface area contributed by atoms with Gasteiger partial charge in [-0.05, 0) is 38.8 Å². The highest BCUT2D eigenvalue weighted by Crippen LogP contribution is 2.16. The first-order valence-corrected chi connectivity index (χ1v) is 7.78. The van der Waals surface area contributed by atoms with E-state index in [1.807, 2.05) is 36.1 Å². The largest absolute Gasteiger partial charge is 0.493 e. The molecular weight excluding hydrogens is 264 g/mol. The highest BCUT2D eigenvalue weighted by Gasteiger charge is 2.24. The van der Waals surface area contributed by atoms with Crippen LogP contribution in [0.3, 0.4) is 0 Å². The minimum atomic E-state index is 0.239. The monoisotopic (exact) mass is 290 g/mol. The minimum Gasteiger partial charge on any atom is -0.493 e. The van der Waals surface area contributed by atoms with Crippen LogP contribution in [-0.4, -0.2) is 42.6 Å². The van der Waals surface area contributed by atoms with Gasteiger partial charge in [-0.2, -0.15) is 0 Å². The topological polar surface area (TPSA) is 41.6 Å². The van der Waals surface area contributed by atoms with Gasteiger partial charge in [-0.25, -0.2) is 0 Å². The Hall–Kier alpha value is -1.55. The predicted molar refractivity (Wildman–Crippen MR) is 84.5 cm³/mol. The van der Waals surface area contributed by atoms with Crippen LogP contribution in [0.2, 0.25) is 0 Å². The molecule has 0 spiro atoms. The molecule has 4 heteroatoms. The molecule has 0 aliphatic carbocycles. The summed E-state index contributed by atoms with van der Waals surface area (Å²) in [5.41, 5.74) is 1.13. The molecule has 2 atom stereocenters. The van der Waals surface area contributed by atoms with E-state index in [-0.39, 0.29) is 5.91 Å². The van der Waals surface area contributed by atoms with Crippen LogP contribution in [0, 0.1) is 6.92 Å². The second kappa shape index (κ2) is 7.46. The highest BCUT2D eigenvalue weighted by molar-refractivity contribution is 5.76. The zero-order valence-corrected chi connectivity index (χ0v) is 13.3. The van der Waals surface area contributed by atoms with E-state index >= 15 is 0 Å². The second-order valence-electron chi connectivity index (χ2n) is 5.98. The van der Waals surface area contributed by atoms with Crippen LogP contribution < -0.4 is 10.1 Å². The van der Waals surface area contributed by atoms with Gasteiger partial charge in [0.25, 0.3) is 0 Å². The Morgan fingerprint density at radius 1 is 1.29 bits per heavy atom. The summed E-state index contributed by atoms with van der Waals surface area (Å²) in [5.74, 6) is 1.15. The lowest BCUT2D eigenvalue weighted by atomic mass is 10.1. The van der Waals surface area contributed by atoms with Gasteiger partial charge in [-0.15, -0.1) is 0 Å². The van der Waals surface area contributed by atoms with E-state index in [4.69, 9.17) is 4.74 Å². The van der Waals surface area contributed by atoms with Gasteiger partial charge >= 0.3 is 0 Å². The Morgan fingerprint density at radius 3 is 2.62 bits per heavy atom. The van der Waals surface area contributed by atoms with E-state index < -0.39 is 0 Å². The molecule has 116 valence electrons. The van der Waals surface area contributed by atoms with Crippen LogP contribution in [0.25, 0.3) is 0 Å². The Bertz CT molecular complexity index is 466. The molecule has 1 aromatic rings. The van der Waals surface area contributed by atoms with Gasteiger partial charge in [0, 0.05) is 31.6 Å². The summed E-state index contributed by atoms with van der Waals surface area (Å²) in [4.78, 5) is 14.2. The predicted octanol–water partition coefficient (Wildman–Crippen LogP) is 2.36. The van der Waals surface area contributed by atoms with Crippen LogP contribution in [0.15, 0.2) is 24.3 Å². The van der Waals surface area contributed by atoms with E-state index in [9.17, 15) is 4.79 Å². The molecule has 0 unspecified atom stereocenters. The molecular formula is C17H26N2O2. The zero-order valence-electron chi connectivity index (χ0n) is 13.3. The number of hydrogen-bond acceptors (Lipinski definition) is 3. The SMILES string of the molecule is Cc1ccccc1OCCCC(=O)N1C[C@H](C)N[C@@H](C)C1. The molecule has 1 saturated heterocycles. The number of amides is 1. The number of nitrogens with zero attached hydrogens (tertiary/aromatic N) is 1. The van der Waals surface area contributed by atoms with E-state index in [2.05, 4.69) is 19.2 Å². The summed E-state index contributed by atoms with van der Waals surface area (Å²) in [7, 11) is 0. The molecule has 1 heterocycles. The van der Waals surface area contributed by atoms with Crippen LogP contribution in [0.1, 0.15) is 32.3 Å². The van der Waals surface area contributed by atoms with Gasteiger partial charge < -0.3 is 15.0 Å². The lowest BCUT2D eigenvalue weighted by molar-refractivity contribution is -0.133. The minimum absolute atomic E-state index is 0.239. The lowest BCUT2D eigenvalue weighted by Gasteiger charge is -2.36. The number of rotatable bonds is 5. The maximum atomic E-state index is 12.2. The molecule has 1 fully saturated rings. The van der Waals surface area contributed by atoms with Crippen molar-refractivity contribution in [1.29, 1.82) is 0 Å². The first kappa shape index (κ1) is 15.8. The van der Waals surface area contributed by atoms with Gasteiger partial charge in [0.15, 0.2) is 0 Å². The fraction of sp³-hybridized carbons (Fsp3) is 0.588. The first-order valence-electron chi connectivity index (χ1n) is 7.78. The van der Waals surface area contributed by atoms with Gasteiger partial charge in [0.2, 0.25) is 5.91 Å². The van der Waals surface area contributed by atoms with Crippen LogP contribution in [-0.2, 0) is 4.79 Å². The summed E-state index contributed by atoms with van der Waals surface area (Å²) in [6.45, 7) is 8.48. The molecule has 1 aliphatic heterocycles. The van der Waals surface area contributed by atoms with Crippen molar-refractivity contribution in [3.8, 4) is 5.75 Å². The van der Waals surface area contributed by atoms with E-state index in [0.717, 1.165) is 30.8 Å². The van der Waals surface area contributed by atoms with Crippen LogP contribution in [0.4, 0.5) is 0 Å². The number of carbonyl (C=O) groups is 1. The maximum absolute atomic E-state index is 12.2. The molecule has 0 aromatic heterocycles. The third kappa shape index (κ3) is 4.74. The van der Waals surface area contributed by atoms with Crippen molar-refractivity contribution in [1.82, 2.24) is 10.2 Å². The van der Waals surface area contributed by atoms with Crippen LogP contribution >= 0.6 is 0 Å². The smallest absolute Gasteiger partial charge is 0.222 e. The second-order valence-corrected chi connectivity index (χ2v) is 5.98. The molecule has 0 saturated carbocycles. The van der Waals surface area contributed by atoms with E-state index in [1.165, 1.54) is 0 Å². The zero-order chi connectivity index (χ0) is 15.2. The van der Waals surface area contributed by atoms with E-state index in [1.54, 1.807) is 0 Å². The summed E-state index contributed by atoms with van der Waals surface area (Å²) in [6.07, 6.45) is 1.32. The molecule has 1 N–H and O–H groups in total. The number of aryl methyl sites for hydroxylation is 1. The number of para-hydroxylation sites is 1. The summed E-state index contributed by atoms with van der Waals surface area (Å²) in [5, 5.41) is 3.44. The molecule has 21 heavy (non-hydrogen) atoms. The Labute approximate surface area is 127 Å². The molecule has 2 rings (SSSR count). The first-order chi connectivity index (χ1) is 10.1. The van der Waals surface area contributed by atoms with Gasteiger partial charge in [0.1, 0.15) is 5.75 Å². The average Bonchev–Trinajstić information content (AvgIpc) is 2.44. The van der Waals surface area contributed by atoms with Gasteiger partial charge in [-0.3, -0.25) is 4.79 Å². The fourth-order valence-corrected chi connectivity index (χ4v) is 2.81. The van der Waals surface area contributed by atoms with Crippen molar-refractivity contribution in [3.05, 3.63) is 29.8 Å². The number of nitrogens with one attached hydrogen (secondary N) is 1. The van der Waals surface area contributed by atoms with Crippen molar-refractivity contribution in [3.63, 3.8) is 0 Å². The van der Waals surface area contributed by atoms with Gasteiger partial charge in [0.05, 0.1) is 6.61 Å². The quantitative estimate of drug-likeness (QED) is 0.847. The van der Waals surface area contributed by atoms with Crippen molar-refractivity contribution < 1.29 is 9.53 Å². The lowest BCUT2D eigenvalue weighted by Crippen LogP contribution is -2.55. The van der Waals surface area contributed by atoms with Gasteiger partial charge in [-0.1, -0.05) is 18.2 Å². The average molecular weight is 290 g/mol. The highest BCUT2D eigenvalue weighted by atomic mass is 16.5. The summed E-state index contributed by atoms with van der Waals surface area (Å²) >= 11 is 0. The molecule has 1 aliphatic rings. The number of carbonyl (C=O) groups excluding carboxylic acids is 1. The van der Waals surface area contributed by atoms with Crippen molar-refractivity contribution >= 4 is 5.91 Å². The number of piperazine rings is 1. The van der Waals surface area contributed by atoms with Crippen molar-refractivity contribution in [2.45, 2.75) is 45.7 Å². The van der Waals surface area contributed by atoms with Crippen molar-refractivity contribution in [2.75, 3.05) is 19.7 Å². The van der Waals surface area contributed by atoms with Crippen LogP contribution in [0.5, 0.6) is 5.75 Å². The summed E-state index contributed by atoms with van der Waals surface area (Å²) < 4.78 is 5.73. The molecule has 1 amide bonds. The third-order valence-corrected chi connectivity index (χ3v) is 3.80. The third-order valence-electron chi connectivity index (χ3n) is 3.80. The van der Waals surface area contributed by atoms with Crippen molar-refractivity contribution in [2.24, 2.45) is 0 Å². The normalized spacial score (nSPS) is 22.1. The molecule has 4 nitrogen and oxygen atoms in total. The molecule has 1 aromatic carbocycles. The van der Waals surface area contributed by atoms with E-state index in [0.29, 0.717) is 25.1 Å². The number of benzene rings is 1. The number of ether oxygens (including phenoxy) is 1. The molecule has 0 bridgehead atoms. The fourth-order valence-electron chi connectivity index (χ4n) is 2.81. The maximum Gasteiger partial charge on any atom is 0.222 e. The number of hydrogen-bond donors (Lipinski definition) is 1. The summed E-state index contributed by atoms with van der Waals surface area (Å²) in [6, 6.07) is 8.72. The Balaban J connectivity index is 1.71. The Morgan fingerprint density at radius 2 is 1.95 bits per heavy atom. The Kier molecular flexibility index (Phi) is 5.62. The molecule has 0 radical (unpaired) electrons.